The quantitative estimate of drug-likeness (QED) is 0.689. The van der Waals surface area contributed by atoms with Crippen LogP contribution >= 0.6 is 0 Å². The standard InChI is InChI=1S/C27H37FN4O2/c1-26(2,3)23-16-22-24(33)31(17-19-12-14-20(28)15-13-19)27(4,18-32(22)30-23)25(34)29-21-10-8-6-5-7-9-11-21/h12-16,21H,5-11,17-18H2,1-4H3,(H,29,34). The summed E-state index contributed by atoms with van der Waals surface area (Å²) in [4.78, 5) is 29.2. The normalized spacial score (nSPS) is 22.1. The summed E-state index contributed by atoms with van der Waals surface area (Å²) in [6.45, 7) is 8.51. The molecule has 1 unspecified atom stereocenters. The smallest absolute Gasteiger partial charge is 0.273 e. The minimum Gasteiger partial charge on any atom is -0.351 e. The van der Waals surface area contributed by atoms with E-state index < -0.39 is 5.54 Å². The van der Waals surface area contributed by atoms with Crippen LogP contribution in [0.1, 0.15) is 94.4 Å². The molecule has 2 amide bonds. The van der Waals surface area contributed by atoms with Crippen LogP contribution in [-0.4, -0.2) is 38.1 Å². The van der Waals surface area contributed by atoms with Gasteiger partial charge >= 0.3 is 0 Å². The zero-order valence-electron chi connectivity index (χ0n) is 20.9. The van der Waals surface area contributed by atoms with Gasteiger partial charge in [-0.3, -0.25) is 14.3 Å². The van der Waals surface area contributed by atoms with Gasteiger partial charge < -0.3 is 10.2 Å². The fourth-order valence-corrected chi connectivity index (χ4v) is 4.97. The van der Waals surface area contributed by atoms with Crippen LogP contribution in [0.4, 0.5) is 4.39 Å². The summed E-state index contributed by atoms with van der Waals surface area (Å²) in [5.41, 5.74) is 0.764. The van der Waals surface area contributed by atoms with E-state index in [1.807, 2.05) is 13.0 Å². The molecule has 1 fully saturated rings. The van der Waals surface area contributed by atoms with Gasteiger partial charge in [-0.1, -0.05) is 65.0 Å². The maximum atomic E-state index is 13.8. The van der Waals surface area contributed by atoms with Crippen molar-refractivity contribution in [2.45, 2.75) is 103 Å². The van der Waals surface area contributed by atoms with Crippen LogP contribution in [0.3, 0.4) is 0 Å². The molecular formula is C27H37FN4O2. The number of fused-ring (bicyclic) bond motifs is 1. The summed E-state index contributed by atoms with van der Waals surface area (Å²) in [5, 5.41) is 7.99. The van der Waals surface area contributed by atoms with Gasteiger partial charge in [0.15, 0.2) is 0 Å². The second-order valence-corrected chi connectivity index (χ2v) is 11.1. The van der Waals surface area contributed by atoms with E-state index in [-0.39, 0.29) is 42.2 Å². The summed E-state index contributed by atoms with van der Waals surface area (Å²) >= 11 is 0. The van der Waals surface area contributed by atoms with Crippen molar-refractivity contribution in [3.63, 3.8) is 0 Å². The highest BCUT2D eigenvalue weighted by atomic mass is 19.1. The van der Waals surface area contributed by atoms with E-state index in [4.69, 9.17) is 5.10 Å². The van der Waals surface area contributed by atoms with E-state index in [1.165, 1.54) is 31.4 Å². The number of aromatic nitrogens is 2. The summed E-state index contributed by atoms with van der Waals surface area (Å²) in [7, 11) is 0. The van der Waals surface area contributed by atoms with Crippen LogP contribution in [0.25, 0.3) is 0 Å². The first-order valence-electron chi connectivity index (χ1n) is 12.5. The molecule has 1 aliphatic carbocycles. The lowest BCUT2D eigenvalue weighted by molar-refractivity contribution is -0.134. The molecule has 4 rings (SSSR count). The third-order valence-electron chi connectivity index (χ3n) is 7.25. The highest BCUT2D eigenvalue weighted by molar-refractivity contribution is 5.99. The summed E-state index contributed by atoms with van der Waals surface area (Å²) in [6.07, 6.45) is 7.81. The molecule has 2 aromatic rings. The number of hydrogen-bond acceptors (Lipinski definition) is 3. The third kappa shape index (κ3) is 5.03. The van der Waals surface area contributed by atoms with Gasteiger partial charge in [0.2, 0.25) is 5.91 Å². The van der Waals surface area contributed by atoms with Crippen molar-refractivity contribution in [2.75, 3.05) is 0 Å². The average Bonchev–Trinajstić information content (AvgIpc) is 3.18. The third-order valence-corrected chi connectivity index (χ3v) is 7.25. The number of nitrogens with one attached hydrogen (secondary N) is 1. The highest BCUT2D eigenvalue weighted by Gasteiger charge is 2.48. The predicted molar refractivity (Wildman–Crippen MR) is 130 cm³/mol. The number of benzene rings is 1. The van der Waals surface area contributed by atoms with E-state index >= 15 is 0 Å². The minimum atomic E-state index is -1.11. The number of rotatable bonds is 4. The topological polar surface area (TPSA) is 67.2 Å². The summed E-state index contributed by atoms with van der Waals surface area (Å²) in [6, 6.07) is 8.07. The van der Waals surface area contributed by atoms with Crippen molar-refractivity contribution in [2.24, 2.45) is 0 Å². The number of carbonyl (C=O) groups excluding carboxylic acids is 2. The summed E-state index contributed by atoms with van der Waals surface area (Å²) in [5.74, 6) is -0.702. The molecule has 1 aromatic heterocycles. The Labute approximate surface area is 201 Å². The SMILES string of the molecule is CC(C)(C)c1cc2n(n1)CC(C)(C(=O)NC1CCCCCCC1)N(Cc1ccc(F)cc1)C2=O. The van der Waals surface area contributed by atoms with Crippen LogP contribution in [0.15, 0.2) is 30.3 Å². The Morgan fingerprint density at radius 1 is 1.12 bits per heavy atom. The fourth-order valence-electron chi connectivity index (χ4n) is 4.97. The number of carbonyl (C=O) groups is 2. The van der Waals surface area contributed by atoms with Gasteiger partial charge in [-0.05, 0) is 43.5 Å². The van der Waals surface area contributed by atoms with Crippen molar-refractivity contribution in [3.8, 4) is 0 Å². The highest BCUT2D eigenvalue weighted by Crippen LogP contribution is 2.32. The molecule has 7 heteroatoms. The Hall–Kier alpha value is -2.70. The molecule has 6 nitrogen and oxygen atoms in total. The molecule has 0 spiro atoms. The molecule has 184 valence electrons. The van der Waals surface area contributed by atoms with E-state index in [2.05, 4.69) is 26.1 Å². The number of nitrogens with zero attached hydrogens (tertiary/aromatic N) is 3. The molecule has 1 saturated carbocycles. The zero-order valence-corrected chi connectivity index (χ0v) is 20.9. The minimum absolute atomic E-state index is 0.122. The second-order valence-electron chi connectivity index (χ2n) is 11.1. The Morgan fingerprint density at radius 2 is 1.74 bits per heavy atom. The van der Waals surface area contributed by atoms with Crippen LogP contribution in [0.2, 0.25) is 0 Å². The van der Waals surface area contributed by atoms with Gasteiger partial charge in [0.05, 0.1) is 12.2 Å². The molecule has 2 aliphatic rings. The van der Waals surface area contributed by atoms with Crippen LogP contribution in [-0.2, 0) is 23.3 Å². The molecule has 1 aromatic carbocycles. The lowest BCUT2D eigenvalue weighted by Crippen LogP contribution is -2.64. The second kappa shape index (κ2) is 9.51. The Kier molecular flexibility index (Phi) is 6.83. The van der Waals surface area contributed by atoms with Crippen LogP contribution < -0.4 is 5.32 Å². The van der Waals surface area contributed by atoms with E-state index in [0.717, 1.165) is 36.9 Å². The van der Waals surface area contributed by atoms with Crippen molar-refractivity contribution >= 4 is 11.8 Å². The van der Waals surface area contributed by atoms with Crippen molar-refractivity contribution in [1.82, 2.24) is 20.0 Å². The zero-order chi connectivity index (χ0) is 24.5. The van der Waals surface area contributed by atoms with Crippen molar-refractivity contribution in [3.05, 3.63) is 53.1 Å². The Morgan fingerprint density at radius 3 is 2.35 bits per heavy atom. The van der Waals surface area contributed by atoms with E-state index in [1.54, 1.807) is 21.7 Å². The van der Waals surface area contributed by atoms with Gasteiger partial charge in [0.25, 0.3) is 5.91 Å². The fraction of sp³-hybridized carbons (Fsp3) is 0.593. The van der Waals surface area contributed by atoms with Gasteiger partial charge in [-0.25, -0.2) is 4.39 Å². The van der Waals surface area contributed by atoms with E-state index in [0.29, 0.717) is 5.69 Å². The van der Waals surface area contributed by atoms with Crippen LogP contribution in [0, 0.1) is 5.82 Å². The molecule has 1 aliphatic heterocycles. The van der Waals surface area contributed by atoms with Gasteiger partial charge in [0.1, 0.15) is 17.1 Å². The van der Waals surface area contributed by atoms with Crippen molar-refractivity contribution < 1.29 is 14.0 Å². The van der Waals surface area contributed by atoms with Gasteiger partial charge in [-0.2, -0.15) is 5.10 Å². The van der Waals surface area contributed by atoms with Gasteiger partial charge in [-0.15, -0.1) is 0 Å². The molecule has 2 heterocycles. The molecule has 34 heavy (non-hydrogen) atoms. The first-order chi connectivity index (χ1) is 16.1. The predicted octanol–water partition coefficient (Wildman–Crippen LogP) is 4.96. The van der Waals surface area contributed by atoms with Crippen LogP contribution in [0.5, 0.6) is 0 Å². The maximum Gasteiger partial charge on any atom is 0.273 e. The largest absolute Gasteiger partial charge is 0.351 e. The number of hydrogen-bond donors (Lipinski definition) is 1. The maximum absolute atomic E-state index is 13.8. The lowest BCUT2D eigenvalue weighted by atomic mass is 9.91. The summed E-state index contributed by atoms with van der Waals surface area (Å²) < 4.78 is 15.2. The molecule has 0 bridgehead atoms. The Balaban J connectivity index is 1.67. The molecular weight excluding hydrogens is 431 g/mol. The monoisotopic (exact) mass is 468 g/mol. The number of amides is 2. The number of halogens is 1. The van der Waals surface area contributed by atoms with Crippen molar-refractivity contribution in [1.29, 1.82) is 0 Å². The Bertz CT molecular complexity index is 1030. The first kappa shape index (κ1) is 24.4. The van der Waals surface area contributed by atoms with Gasteiger partial charge in [0, 0.05) is 18.0 Å². The molecule has 0 radical (unpaired) electrons. The molecule has 1 N–H and O–H groups in total. The van der Waals surface area contributed by atoms with E-state index in [9.17, 15) is 14.0 Å². The average molecular weight is 469 g/mol. The first-order valence-corrected chi connectivity index (χ1v) is 12.5. The molecule has 1 atom stereocenters. The molecule has 0 saturated heterocycles. The lowest BCUT2D eigenvalue weighted by Gasteiger charge is -2.44.